The second kappa shape index (κ2) is 8.34. The number of carbonyl (C=O) groups is 1. The molecule has 3 heterocycles. The molecule has 2 unspecified atom stereocenters. The van der Waals surface area contributed by atoms with Gasteiger partial charge in [0.05, 0.1) is 35.7 Å². The summed E-state index contributed by atoms with van der Waals surface area (Å²) in [5.74, 6) is -1.23. The number of aromatic hydroxyl groups is 1. The Kier molecular flexibility index (Phi) is 5.46. The summed E-state index contributed by atoms with van der Waals surface area (Å²) < 4.78 is 29.3. The number of benzene rings is 2. The molecule has 3 aromatic rings. The van der Waals surface area contributed by atoms with E-state index in [0.29, 0.717) is 37.2 Å². The first kappa shape index (κ1) is 22.3. The molecule has 1 N–H and O–H groups in total. The van der Waals surface area contributed by atoms with Gasteiger partial charge in [-0.15, -0.1) is 0 Å². The zero-order valence-electron chi connectivity index (χ0n) is 19.1. The number of phenolic OH excluding ortho intramolecular Hbond substituents is 1. The number of amides is 1. The van der Waals surface area contributed by atoms with E-state index in [-0.39, 0.29) is 11.7 Å². The summed E-state index contributed by atoms with van der Waals surface area (Å²) in [6, 6.07) is 8.34. The van der Waals surface area contributed by atoms with Gasteiger partial charge in [0.15, 0.2) is 0 Å². The van der Waals surface area contributed by atoms with Crippen molar-refractivity contribution in [3.8, 4) is 11.4 Å². The largest absolute Gasteiger partial charge is 0.506 e. The van der Waals surface area contributed by atoms with Gasteiger partial charge in [-0.05, 0) is 62.1 Å². The van der Waals surface area contributed by atoms with Crippen molar-refractivity contribution < 1.29 is 18.7 Å². The lowest BCUT2D eigenvalue weighted by molar-refractivity contribution is -0.147. The summed E-state index contributed by atoms with van der Waals surface area (Å²) in [7, 11) is 0. The van der Waals surface area contributed by atoms with Crippen molar-refractivity contribution in [2.45, 2.75) is 39.2 Å². The van der Waals surface area contributed by atoms with E-state index in [9.17, 15) is 18.7 Å². The van der Waals surface area contributed by atoms with Crippen molar-refractivity contribution in [3.63, 3.8) is 0 Å². The number of halogens is 2. The predicted molar refractivity (Wildman–Crippen MR) is 124 cm³/mol. The number of phenols is 1. The number of aromatic nitrogens is 2. The fraction of sp³-hybridized carbons (Fsp3) is 0.346. The third-order valence-corrected chi connectivity index (χ3v) is 6.98. The van der Waals surface area contributed by atoms with Gasteiger partial charge in [-0.3, -0.25) is 9.79 Å². The molecule has 176 valence electrons. The average Bonchev–Trinajstić information content (AvgIpc) is 3.42. The third-order valence-electron chi connectivity index (χ3n) is 6.98. The number of aliphatic imine (C=N–C) groups is 1. The first-order valence-corrected chi connectivity index (χ1v) is 11.4. The van der Waals surface area contributed by atoms with Crippen LogP contribution in [0.1, 0.15) is 49.0 Å². The smallest absolute Gasteiger partial charge is 0.231 e. The fourth-order valence-electron chi connectivity index (χ4n) is 5.12. The molecule has 1 amide bonds. The summed E-state index contributed by atoms with van der Waals surface area (Å²) in [5.41, 5.74) is 2.80. The lowest BCUT2D eigenvalue weighted by Gasteiger charge is -2.42. The Morgan fingerprint density at radius 2 is 1.91 bits per heavy atom. The topological polar surface area (TPSA) is 70.7 Å². The highest BCUT2D eigenvalue weighted by molar-refractivity contribution is 6.06. The molecule has 1 spiro atoms. The van der Waals surface area contributed by atoms with E-state index >= 15 is 0 Å². The molecule has 0 saturated carbocycles. The van der Waals surface area contributed by atoms with Crippen molar-refractivity contribution in [1.29, 1.82) is 0 Å². The van der Waals surface area contributed by atoms with E-state index in [4.69, 9.17) is 4.99 Å². The molecule has 1 aromatic heterocycles. The van der Waals surface area contributed by atoms with Crippen molar-refractivity contribution in [1.82, 2.24) is 14.5 Å². The van der Waals surface area contributed by atoms with Crippen LogP contribution in [-0.4, -0.2) is 44.3 Å². The Morgan fingerprint density at radius 3 is 2.59 bits per heavy atom. The van der Waals surface area contributed by atoms with E-state index in [1.54, 1.807) is 28.8 Å². The maximum atomic E-state index is 13.8. The van der Waals surface area contributed by atoms with Crippen molar-refractivity contribution in [3.05, 3.63) is 77.4 Å². The molecule has 0 bridgehead atoms. The molecular weight excluding hydrogens is 438 g/mol. The molecule has 0 radical (unpaired) electrons. The number of aryl methyl sites for hydroxylation is 1. The molecule has 2 aromatic carbocycles. The summed E-state index contributed by atoms with van der Waals surface area (Å²) in [5, 5.41) is 10.6. The minimum atomic E-state index is -0.663. The molecule has 1 saturated heterocycles. The Labute approximate surface area is 196 Å². The molecule has 1 fully saturated rings. The number of hydrogen-bond donors (Lipinski definition) is 1. The minimum Gasteiger partial charge on any atom is -0.506 e. The lowest BCUT2D eigenvalue weighted by Crippen LogP contribution is -2.50. The minimum absolute atomic E-state index is 0.0376. The van der Waals surface area contributed by atoms with Crippen LogP contribution in [0.4, 0.5) is 8.78 Å². The maximum Gasteiger partial charge on any atom is 0.231 e. The molecule has 5 rings (SSSR count). The van der Waals surface area contributed by atoms with E-state index in [0.717, 1.165) is 29.5 Å². The highest BCUT2D eigenvalue weighted by Crippen LogP contribution is 2.43. The fourth-order valence-corrected chi connectivity index (χ4v) is 5.12. The molecule has 2 aliphatic rings. The molecular formula is C26H26F2N4O2. The number of rotatable bonds is 4. The van der Waals surface area contributed by atoms with Crippen LogP contribution >= 0.6 is 0 Å². The molecule has 6 nitrogen and oxygen atoms in total. The standard InChI is InChI=1S/C26H26F2N4O2/c1-16-13-31(15-30-16)23-5-4-18(10-24(23)33)22-12-26(14-29-22)6-3-7-32(25(26)34)17(2)19-8-20(27)11-21(28)9-19/h4-5,8-11,13,15,17,33H,3,6-7,12,14H2,1-2H3. The lowest BCUT2D eigenvalue weighted by atomic mass is 9.75. The van der Waals surface area contributed by atoms with Gasteiger partial charge in [0.25, 0.3) is 0 Å². The van der Waals surface area contributed by atoms with Crippen LogP contribution in [-0.2, 0) is 4.79 Å². The first-order chi connectivity index (χ1) is 16.3. The summed E-state index contributed by atoms with van der Waals surface area (Å²) in [6.07, 6.45) is 5.44. The van der Waals surface area contributed by atoms with Crippen LogP contribution in [0.3, 0.4) is 0 Å². The Morgan fingerprint density at radius 1 is 1.15 bits per heavy atom. The first-order valence-electron chi connectivity index (χ1n) is 11.4. The molecule has 2 atom stereocenters. The number of likely N-dealkylation sites (tertiary alicyclic amines) is 1. The van der Waals surface area contributed by atoms with Crippen LogP contribution in [0.2, 0.25) is 0 Å². The average molecular weight is 465 g/mol. The number of piperidine rings is 1. The normalized spacial score (nSPS) is 21.2. The van der Waals surface area contributed by atoms with Gasteiger partial charge in [0, 0.05) is 30.9 Å². The highest BCUT2D eigenvalue weighted by atomic mass is 19.1. The number of imidazole rings is 1. The van der Waals surface area contributed by atoms with Gasteiger partial charge >= 0.3 is 0 Å². The van der Waals surface area contributed by atoms with Crippen molar-refractivity contribution in [2.75, 3.05) is 13.1 Å². The molecule has 8 heteroatoms. The van der Waals surface area contributed by atoms with Gasteiger partial charge in [0.1, 0.15) is 17.4 Å². The van der Waals surface area contributed by atoms with Crippen LogP contribution in [0.25, 0.3) is 5.69 Å². The van der Waals surface area contributed by atoms with E-state index in [1.807, 2.05) is 25.3 Å². The van der Waals surface area contributed by atoms with Gasteiger partial charge in [-0.1, -0.05) is 6.07 Å². The highest BCUT2D eigenvalue weighted by Gasteiger charge is 2.48. The summed E-state index contributed by atoms with van der Waals surface area (Å²) in [4.78, 5) is 24.2. The predicted octanol–water partition coefficient (Wildman–Crippen LogP) is 4.73. The van der Waals surface area contributed by atoms with E-state index < -0.39 is 23.1 Å². The van der Waals surface area contributed by atoms with Gasteiger partial charge in [-0.2, -0.15) is 0 Å². The van der Waals surface area contributed by atoms with Crippen molar-refractivity contribution >= 4 is 11.6 Å². The molecule has 0 aliphatic carbocycles. The number of nitrogens with zero attached hydrogens (tertiary/aromatic N) is 4. The Hall–Kier alpha value is -3.55. The second-order valence-electron chi connectivity index (χ2n) is 9.33. The third kappa shape index (κ3) is 3.87. The molecule has 34 heavy (non-hydrogen) atoms. The van der Waals surface area contributed by atoms with E-state index in [2.05, 4.69) is 4.98 Å². The SMILES string of the molecule is Cc1cn(-c2ccc(C3=NCC4(CCCN(C(C)c5cc(F)cc(F)c5)C4=O)C3)cc2O)cn1. The van der Waals surface area contributed by atoms with Crippen molar-refractivity contribution in [2.24, 2.45) is 10.4 Å². The quantitative estimate of drug-likeness (QED) is 0.607. The number of carbonyl (C=O) groups excluding carboxylic acids is 1. The van der Waals surface area contributed by atoms with Crippen LogP contribution in [0.15, 0.2) is 53.9 Å². The summed E-state index contributed by atoms with van der Waals surface area (Å²) in [6.45, 7) is 4.58. The monoisotopic (exact) mass is 464 g/mol. The second-order valence-corrected chi connectivity index (χ2v) is 9.33. The van der Waals surface area contributed by atoms with Crippen LogP contribution in [0, 0.1) is 24.0 Å². The Balaban J connectivity index is 1.36. The zero-order chi connectivity index (χ0) is 24.0. The molecule has 2 aliphatic heterocycles. The van der Waals surface area contributed by atoms with Gasteiger partial charge in [-0.25, -0.2) is 13.8 Å². The maximum absolute atomic E-state index is 13.8. The Bertz CT molecular complexity index is 1280. The van der Waals surface area contributed by atoms with Crippen LogP contribution < -0.4 is 0 Å². The number of hydrogen-bond acceptors (Lipinski definition) is 4. The van der Waals surface area contributed by atoms with Gasteiger partial charge < -0.3 is 14.6 Å². The van der Waals surface area contributed by atoms with Gasteiger partial charge in [0.2, 0.25) is 5.91 Å². The van der Waals surface area contributed by atoms with Crippen LogP contribution in [0.5, 0.6) is 5.75 Å². The zero-order valence-corrected chi connectivity index (χ0v) is 19.1. The van der Waals surface area contributed by atoms with E-state index in [1.165, 1.54) is 12.1 Å². The summed E-state index contributed by atoms with van der Waals surface area (Å²) >= 11 is 0.